The summed E-state index contributed by atoms with van der Waals surface area (Å²) in [6.45, 7) is 1.45. The molecule has 0 unspecified atom stereocenters. The molecular weight excluding hydrogens is 194 g/mol. The molecule has 1 aliphatic carbocycles. The van der Waals surface area contributed by atoms with Gasteiger partial charge in [-0.1, -0.05) is 0 Å². The first-order valence-electron chi connectivity index (χ1n) is 5.00. The molecule has 0 amide bonds. The van der Waals surface area contributed by atoms with Crippen LogP contribution in [0.3, 0.4) is 0 Å². The zero-order valence-electron chi connectivity index (χ0n) is 8.31. The zero-order chi connectivity index (χ0) is 10.7. The van der Waals surface area contributed by atoms with Gasteiger partial charge in [0.2, 0.25) is 0 Å². The first kappa shape index (κ1) is 10.0. The first-order chi connectivity index (χ1) is 7.27. The van der Waals surface area contributed by atoms with Gasteiger partial charge < -0.3 is 10.4 Å². The molecule has 0 atom stereocenters. The van der Waals surface area contributed by atoms with E-state index in [1.165, 1.54) is 25.4 Å². The normalized spacial score (nSPS) is 15.2. The second-order valence-corrected chi connectivity index (χ2v) is 3.76. The van der Waals surface area contributed by atoms with Gasteiger partial charge in [-0.15, -0.1) is 0 Å². The SMILES string of the molecule is O=C(O)c1cncnc1CNCC1CC1. The molecule has 0 bridgehead atoms. The molecule has 80 valence electrons. The summed E-state index contributed by atoms with van der Waals surface area (Å²) in [5, 5.41) is 12.1. The quantitative estimate of drug-likeness (QED) is 0.742. The molecule has 1 heterocycles. The predicted octanol–water partition coefficient (Wildman–Crippen LogP) is 0.674. The Morgan fingerprint density at radius 1 is 1.60 bits per heavy atom. The van der Waals surface area contributed by atoms with Gasteiger partial charge in [-0.05, 0) is 25.3 Å². The van der Waals surface area contributed by atoms with Gasteiger partial charge in [-0.3, -0.25) is 0 Å². The standard InChI is InChI=1S/C10H13N3O2/c14-10(15)8-4-12-6-13-9(8)5-11-3-7-1-2-7/h4,6-7,11H,1-3,5H2,(H,14,15). The Morgan fingerprint density at radius 3 is 3.07 bits per heavy atom. The lowest BCUT2D eigenvalue weighted by Gasteiger charge is -2.05. The van der Waals surface area contributed by atoms with E-state index in [1.807, 2.05) is 0 Å². The van der Waals surface area contributed by atoms with Crippen LogP contribution in [0.15, 0.2) is 12.5 Å². The third-order valence-electron chi connectivity index (χ3n) is 2.45. The number of aromatic nitrogens is 2. The summed E-state index contributed by atoms with van der Waals surface area (Å²) in [6.07, 6.45) is 5.27. The molecule has 1 aromatic rings. The van der Waals surface area contributed by atoms with Crippen molar-refractivity contribution in [2.45, 2.75) is 19.4 Å². The number of hydrogen-bond donors (Lipinski definition) is 2. The minimum Gasteiger partial charge on any atom is -0.478 e. The van der Waals surface area contributed by atoms with Gasteiger partial charge in [0.05, 0.1) is 5.69 Å². The van der Waals surface area contributed by atoms with E-state index >= 15 is 0 Å². The molecule has 2 N–H and O–H groups in total. The van der Waals surface area contributed by atoms with E-state index in [0.717, 1.165) is 12.5 Å². The Kier molecular flexibility index (Phi) is 2.91. The van der Waals surface area contributed by atoms with Gasteiger partial charge in [0, 0.05) is 12.7 Å². The van der Waals surface area contributed by atoms with Crippen molar-refractivity contribution in [1.82, 2.24) is 15.3 Å². The van der Waals surface area contributed by atoms with Gasteiger partial charge in [0.1, 0.15) is 11.9 Å². The van der Waals surface area contributed by atoms with Crippen molar-refractivity contribution in [3.05, 3.63) is 23.8 Å². The minimum absolute atomic E-state index is 0.181. The van der Waals surface area contributed by atoms with Crippen LogP contribution in [0.25, 0.3) is 0 Å². The molecule has 0 aromatic carbocycles. The summed E-state index contributed by atoms with van der Waals surface area (Å²) >= 11 is 0. The Bertz CT molecular complexity index is 363. The molecule has 0 aliphatic heterocycles. The van der Waals surface area contributed by atoms with Crippen LogP contribution in [0, 0.1) is 5.92 Å². The number of nitrogens with zero attached hydrogens (tertiary/aromatic N) is 2. The molecule has 5 nitrogen and oxygen atoms in total. The predicted molar refractivity (Wildman–Crippen MR) is 53.4 cm³/mol. The van der Waals surface area contributed by atoms with E-state index in [-0.39, 0.29) is 5.56 Å². The fourth-order valence-corrected chi connectivity index (χ4v) is 1.39. The molecule has 0 saturated heterocycles. The third kappa shape index (κ3) is 2.73. The van der Waals surface area contributed by atoms with Crippen LogP contribution in [0.2, 0.25) is 0 Å². The molecule has 1 fully saturated rings. The number of nitrogens with one attached hydrogen (secondary N) is 1. The van der Waals surface area contributed by atoms with Crippen molar-refractivity contribution >= 4 is 5.97 Å². The highest BCUT2D eigenvalue weighted by Gasteiger charge is 2.20. The van der Waals surface area contributed by atoms with Gasteiger partial charge in [0.15, 0.2) is 0 Å². The van der Waals surface area contributed by atoms with E-state index in [4.69, 9.17) is 5.11 Å². The van der Waals surface area contributed by atoms with Crippen LogP contribution in [0.4, 0.5) is 0 Å². The average molecular weight is 207 g/mol. The second kappa shape index (κ2) is 4.35. The molecule has 5 heteroatoms. The lowest BCUT2D eigenvalue weighted by molar-refractivity contribution is 0.0694. The summed E-state index contributed by atoms with van der Waals surface area (Å²) in [5.41, 5.74) is 0.735. The second-order valence-electron chi connectivity index (χ2n) is 3.76. The largest absolute Gasteiger partial charge is 0.478 e. The monoisotopic (exact) mass is 207 g/mol. The molecule has 0 spiro atoms. The van der Waals surface area contributed by atoms with Gasteiger partial charge in [0.25, 0.3) is 0 Å². The Hall–Kier alpha value is -1.49. The maximum Gasteiger partial charge on any atom is 0.339 e. The summed E-state index contributed by atoms with van der Waals surface area (Å²) in [4.78, 5) is 18.5. The lowest BCUT2D eigenvalue weighted by atomic mass is 10.2. The van der Waals surface area contributed by atoms with Crippen molar-refractivity contribution in [1.29, 1.82) is 0 Å². The van der Waals surface area contributed by atoms with Crippen LogP contribution in [0.5, 0.6) is 0 Å². The number of hydrogen-bond acceptors (Lipinski definition) is 4. The third-order valence-corrected chi connectivity index (χ3v) is 2.45. The number of carbonyl (C=O) groups is 1. The average Bonchev–Trinajstić information content (AvgIpc) is 3.02. The fourth-order valence-electron chi connectivity index (χ4n) is 1.39. The van der Waals surface area contributed by atoms with E-state index < -0.39 is 5.97 Å². The lowest BCUT2D eigenvalue weighted by Crippen LogP contribution is -2.19. The summed E-state index contributed by atoms with van der Waals surface area (Å²) in [6, 6.07) is 0. The van der Waals surface area contributed by atoms with Crippen molar-refractivity contribution in [2.75, 3.05) is 6.54 Å². The van der Waals surface area contributed by atoms with Gasteiger partial charge in [-0.25, -0.2) is 14.8 Å². The van der Waals surface area contributed by atoms with E-state index in [0.29, 0.717) is 12.2 Å². The van der Waals surface area contributed by atoms with E-state index in [9.17, 15) is 4.79 Å². The molecule has 1 saturated carbocycles. The van der Waals surface area contributed by atoms with E-state index in [2.05, 4.69) is 15.3 Å². The molecule has 0 radical (unpaired) electrons. The molecule has 1 aromatic heterocycles. The van der Waals surface area contributed by atoms with Gasteiger partial charge >= 0.3 is 5.97 Å². The summed E-state index contributed by atoms with van der Waals surface area (Å²) in [7, 11) is 0. The fraction of sp³-hybridized carbons (Fsp3) is 0.500. The first-order valence-corrected chi connectivity index (χ1v) is 5.00. The number of carboxylic acid groups (broad SMARTS) is 1. The highest BCUT2D eigenvalue weighted by molar-refractivity contribution is 5.88. The van der Waals surface area contributed by atoms with Crippen molar-refractivity contribution in [3.8, 4) is 0 Å². The maximum atomic E-state index is 10.8. The van der Waals surface area contributed by atoms with Crippen LogP contribution in [-0.2, 0) is 6.54 Å². The van der Waals surface area contributed by atoms with Crippen LogP contribution < -0.4 is 5.32 Å². The van der Waals surface area contributed by atoms with Gasteiger partial charge in [-0.2, -0.15) is 0 Å². The smallest absolute Gasteiger partial charge is 0.339 e. The molecule has 1 aliphatic rings. The highest BCUT2D eigenvalue weighted by Crippen LogP contribution is 2.27. The summed E-state index contributed by atoms with van der Waals surface area (Å²) < 4.78 is 0. The molecule has 2 rings (SSSR count). The molecular formula is C10H13N3O2. The number of carboxylic acids is 1. The van der Waals surface area contributed by atoms with Crippen LogP contribution in [0.1, 0.15) is 28.9 Å². The van der Waals surface area contributed by atoms with Crippen molar-refractivity contribution in [3.63, 3.8) is 0 Å². The number of rotatable bonds is 5. The van der Waals surface area contributed by atoms with Crippen molar-refractivity contribution < 1.29 is 9.90 Å². The van der Waals surface area contributed by atoms with Crippen LogP contribution in [-0.4, -0.2) is 27.6 Å². The highest BCUT2D eigenvalue weighted by atomic mass is 16.4. The van der Waals surface area contributed by atoms with Crippen LogP contribution >= 0.6 is 0 Å². The Morgan fingerprint density at radius 2 is 2.40 bits per heavy atom. The minimum atomic E-state index is -0.973. The zero-order valence-corrected chi connectivity index (χ0v) is 8.31. The number of aromatic carboxylic acids is 1. The Labute approximate surface area is 87.6 Å². The van der Waals surface area contributed by atoms with Crippen molar-refractivity contribution in [2.24, 2.45) is 5.92 Å². The summed E-state index contributed by atoms with van der Waals surface area (Å²) in [5.74, 6) is -0.195. The maximum absolute atomic E-state index is 10.8. The van der Waals surface area contributed by atoms with E-state index in [1.54, 1.807) is 0 Å². The molecule has 15 heavy (non-hydrogen) atoms. The topological polar surface area (TPSA) is 75.1 Å². The Balaban J connectivity index is 1.95.